The highest BCUT2D eigenvalue weighted by Crippen LogP contribution is 2.31. The average Bonchev–Trinajstić information content (AvgIpc) is 3.09. The summed E-state index contributed by atoms with van der Waals surface area (Å²) in [6.45, 7) is 5.25. The van der Waals surface area contributed by atoms with Gasteiger partial charge in [0.05, 0.1) is 5.25 Å². The maximum absolute atomic E-state index is 12.7. The molecule has 1 amide bonds. The highest BCUT2D eigenvalue weighted by atomic mass is 32.2. The van der Waals surface area contributed by atoms with E-state index >= 15 is 0 Å². The van der Waals surface area contributed by atoms with Gasteiger partial charge in [0.2, 0.25) is 5.91 Å². The monoisotopic (exact) mass is 380 g/mol. The lowest BCUT2D eigenvalue weighted by Gasteiger charge is -2.37. The maximum Gasteiger partial charge on any atom is 0.235 e. The summed E-state index contributed by atoms with van der Waals surface area (Å²) in [6.07, 6.45) is 1.98. The molecule has 2 aromatic rings. The number of thioether (sulfide) groups is 2. The molecular weight excluding hydrogens is 360 g/mol. The Balaban J connectivity index is 1.52. The van der Waals surface area contributed by atoms with Gasteiger partial charge in [-0.05, 0) is 25.3 Å². The largest absolute Gasteiger partial charge is 0.368 e. The molecule has 2 heterocycles. The minimum Gasteiger partial charge on any atom is -0.368 e. The van der Waals surface area contributed by atoms with Crippen molar-refractivity contribution in [2.24, 2.45) is 0 Å². The lowest BCUT2D eigenvalue weighted by Crippen LogP contribution is -2.50. The standard InChI is InChI=1S/C16H20N4OS3/c1-12(23-16-18-17-15(22-2)24-16)14(21)20-10-8-19(9-11-20)13-6-4-3-5-7-13/h3-7,12H,8-11H2,1-2H3/t12-/m0/s1. The van der Waals surface area contributed by atoms with E-state index in [2.05, 4.69) is 39.4 Å². The molecule has 0 radical (unpaired) electrons. The molecule has 8 heteroatoms. The molecule has 1 aromatic carbocycles. The Morgan fingerprint density at radius 1 is 1.12 bits per heavy atom. The molecule has 128 valence electrons. The van der Waals surface area contributed by atoms with Crippen LogP contribution in [0.2, 0.25) is 0 Å². The normalized spacial score (nSPS) is 16.2. The van der Waals surface area contributed by atoms with Crippen LogP contribution >= 0.6 is 34.9 Å². The van der Waals surface area contributed by atoms with E-state index in [1.807, 2.05) is 24.1 Å². The van der Waals surface area contributed by atoms with Crippen LogP contribution in [-0.2, 0) is 4.79 Å². The lowest BCUT2D eigenvalue weighted by molar-refractivity contribution is -0.130. The molecule has 0 saturated carbocycles. The fraction of sp³-hybridized carbons (Fsp3) is 0.438. The first-order chi connectivity index (χ1) is 11.7. The van der Waals surface area contributed by atoms with Crippen LogP contribution in [0, 0.1) is 0 Å². The molecule has 5 nitrogen and oxygen atoms in total. The maximum atomic E-state index is 12.7. The summed E-state index contributed by atoms with van der Waals surface area (Å²) in [6, 6.07) is 10.4. The minimum absolute atomic E-state index is 0.129. The quantitative estimate of drug-likeness (QED) is 0.743. The van der Waals surface area contributed by atoms with Crippen molar-refractivity contribution in [2.45, 2.75) is 20.9 Å². The van der Waals surface area contributed by atoms with Gasteiger partial charge in [0, 0.05) is 31.9 Å². The summed E-state index contributed by atoms with van der Waals surface area (Å²) in [5.74, 6) is 0.189. The van der Waals surface area contributed by atoms with Crippen LogP contribution in [0.4, 0.5) is 5.69 Å². The van der Waals surface area contributed by atoms with Crippen LogP contribution in [0.3, 0.4) is 0 Å². The summed E-state index contributed by atoms with van der Waals surface area (Å²) in [5.41, 5.74) is 1.23. The van der Waals surface area contributed by atoms with E-state index < -0.39 is 0 Å². The van der Waals surface area contributed by atoms with Crippen molar-refractivity contribution in [1.29, 1.82) is 0 Å². The molecule has 0 bridgehead atoms. The number of anilines is 1. The molecule has 1 atom stereocenters. The zero-order valence-corrected chi connectivity index (χ0v) is 16.2. The number of hydrogen-bond acceptors (Lipinski definition) is 7. The molecular formula is C16H20N4OS3. The Labute approximate surface area is 154 Å². The Morgan fingerprint density at radius 3 is 2.42 bits per heavy atom. The zero-order valence-electron chi connectivity index (χ0n) is 13.7. The molecule has 1 aliphatic heterocycles. The van der Waals surface area contributed by atoms with E-state index in [-0.39, 0.29) is 11.2 Å². The van der Waals surface area contributed by atoms with Crippen molar-refractivity contribution < 1.29 is 4.79 Å². The SMILES string of the molecule is CSc1nnc(S[C@@H](C)C(=O)N2CCN(c3ccccc3)CC2)s1. The molecule has 1 fully saturated rings. The van der Waals surface area contributed by atoms with E-state index in [1.165, 1.54) is 17.4 Å². The van der Waals surface area contributed by atoms with E-state index in [0.717, 1.165) is 34.9 Å². The number of rotatable bonds is 5. The molecule has 24 heavy (non-hydrogen) atoms. The molecule has 0 N–H and O–H groups in total. The average molecular weight is 381 g/mol. The fourth-order valence-corrected chi connectivity index (χ4v) is 5.28. The van der Waals surface area contributed by atoms with Gasteiger partial charge in [-0.1, -0.05) is 53.1 Å². The van der Waals surface area contributed by atoms with Crippen LogP contribution in [-0.4, -0.2) is 58.7 Å². The number of carbonyl (C=O) groups is 1. The number of aromatic nitrogens is 2. The van der Waals surface area contributed by atoms with E-state index in [4.69, 9.17) is 0 Å². The van der Waals surface area contributed by atoms with Crippen LogP contribution in [0.25, 0.3) is 0 Å². The Bertz CT molecular complexity index is 671. The third kappa shape index (κ3) is 4.23. The molecule has 0 spiro atoms. The van der Waals surface area contributed by atoms with Gasteiger partial charge in [-0.15, -0.1) is 10.2 Å². The first-order valence-corrected chi connectivity index (χ1v) is 10.7. The van der Waals surface area contributed by atoms with Gasteiger partial charge < -0.3 is 9.80 Å². The summed E-state index contributed by atoms with van der Waals surface area (Å²) in [7, 11) is 0. The molecule has 0 aliphatic carbocycles. The van der Waals surface area contributed by atoms with Gasteiger partial charge in [0.25, 0.3) is 0 Å². The topological polar surface area (TPSA) is 49.3 Å². The highest BCUT2D eigenvalue weighted by molar-refractivity contribution is 8.03. The van der Waals surface area contributed by atoms with Gasteiger partial charge in [-0.25, -0.2) is 0 Å². The molecule has 1 saturated heterocycles. The van der Waals surface area contributed by atoms with Crippen LogP contribution in [0.15, 0.2) is 39.0 Å². The van der Waals surface area contributed by atoms with Crippen LogP contribution in [0.5, 0.6) is 0 Å². The number of para-hydroxylation sites is 1. The minimum atomic E-state index is -0.129. The van der Waals surface area contributed by atoms with Crippen LogP contribution < -0.4 is 4.90 Å². The number of amides is 1. The zero-order chi connectivity index (χ0) is 16.9. The lowest BCUT2D eigenvalue weighted by atomic mass is 10.2. The Kier molecular flexibility index (Phi) is 6.02. The molecule has 1 aliphatic rings. The van der Waals surface area contributed by atoms with Crippen molar-refractivity contribution >= 4 is 46.5 Å². The van der Waals surface area contributed by atoms with E-state index in [0.29, 0.717) is 0 Å². The third-order valence-corrected chi connectivity index (χ3v) is 6.97. The Morgan fingerprint density at radius 2 is 1.79 bits per heavy atom. The highest BCUT2D eigenvalue weighted by Gasteiger charge is 2.26. The first-order valence-electron chi connectivity index (χ1n) is 7.80. The summed E-state index contributed by atoms with van der Waals surface area (Å²) >= 11 is 4.64. The summed E-state index contributed by atoms with van der Waals surface area (Å²) in [5, 5.41) is 8.09. The first kappa shape index (κ1) is 17.6. The second-order valence-corrected chi connectivity index (χ2v) is 9.06. The fourth-order valence-electron chi connectivity index (χ4n) is 2.61. The van der Waals surface area contributed by atoms with Crippen molar-refractivity contribution in [2.75, 3.05) is 37.3 Å². The van der Waals surface area contributed by atoms with E-state index in [9.17, 15) is 4.79 Å². The van der Waals surface area contributed by atoms with Crippen molar-refractivity contribution in [3.8, 4) is 0 Å². The molecule has 0 unspecified atom stereocenters. The predicted octanol–water partition coefficient (Wildman–Crippen LogP) is 3.09. The third-order valence-electron chi connectivity index (χ3n) is 3.90. The van der Waals surface area contributed by atoms with Gasteiger partial charge in [-0.3, -0.25) is 4.79 Å². The predicted molar refractivity (Wildman–Crippen MR) is 102 cm³/mol. The van der Waals surface area contributed by atoms with Gasteiger partial charge in [0.1, 0.15) is 0 Å². The second kappa shape index (κ2) is 8.22. The van der Waals surface area contributed by atoms with Gasteiger partial charge in [0.15, 0.2) is 8.68 Å². The van der Waals surface area contributed by atoms with Crippen molar-refractivity contribution in [1.82, 2.24) is 15.1 Å². The molecule has 1 aromatic heterocycles. The van der Waals surface area contributed by atoms with Gasteiger partial charge in [-0.2, -0.15) is 0 Å². The number of hydrogen-bond donors (Lipinski definition) is 0. The van der Waals surface area contributed by atoms with Crippen molar-refractivity contribution in [3.05, 3.63) is 30.3 Å². The smallest absolute Gasteiger partial charge is 0.235 e. The van der Waals surface area contributed by atoms with Gasteiger partial charge >= 0.3 is 0 Å². The summed E-state index contributed by atoms with van der Waals surface area (Å²) in [4.78, 5) is 17.0. The van der Waals surface area contributed by atoms with Crippen molar-refractivity contribution in [3.63, 3.8) is 0 Å². The summed E-state index contributed by atoms with van der Waals surface area (Å²) < 4.78 is 1.80. The number of benzene rings is 1. The number of carbonyl (C=O) groups excluding carboxylic acids is 1. The number of piperazine rings is 1. The number of nitrogens with zero attached hydrogens (tertiary/aromatic N) is 4. The second-order valence-electron chi connectivity index (χ2n) is 5.45. The van der Waals surface area contributed by atoms with Crippen LogP contribution in [0.1, 0.15) is 6.92 Å². The Hall–Kier alpha value is -1.25. The van der Waals surface area contributed by atoms with E-state index in [1.54, 1.807) is 23.1 Å². The molecule has 3 rings (SSSR count).